The molecule has 2 rings (SSSR count). The molecule has 1 aliphatic heterocycles. The van der Waals surface area contributed by atoms with E-state index >= 15 is 0 Å². The van der Waals surface area contributed by atoms with Crippen molar-refractivity contribution in [2.24, 2.45) is 0 Å². The second-order valence-electron chi connectivity index (χ2n) is 2.32. The van der Waals surface area contributed by atoms with Gasteiger partial charge in [0.2, 0.25) is 5.88 Å². The number of aromatic nitrogens is 2. The first-order chi connectivity index (χ1) is 5.40. The molecule has 2 heterocycles. The minimum Gasteiger partial charge on any atom is -0.476 e. The lowest BCUT2D eigenvalue weighted by molar-refractivity contribution is 0.340. The van der Waals surface area contributed by atoms with Crippen LogP contribution in [0, 0.1) is 0 Å². The van der Waals surface area contributed by atoms with Crippen LogP contribution in [0.2, 0.25) is 0 Å². The predicted octanol–water partition coefficient (Wildman–Crippen LogP) is 1.13. The van der Waals surface area contributed by atoms with E-state index in [-0.39, 0.29) is 0 Å². The Bertz CT molecular complexity index is 277. The Morgan fingerprint density at radius 3 is 3.27 bits per heavy atom. The molecule has 0 bridgehead atoms. The van der Waals surface area contributed by atoms with Crippen molar-refractivity contribution in [2.45, 2.75) is 11.4 Å². The minimum atomic E-state index is 0.711. The van der Waals surface area contributed by atoms with Gasteiger partial charge in [-0.1, -0.05) is 0 Å². The van der Waals surface area contributed by atoms with Gasteiger partial charge in [-0.15, -0.1) is 22.0 Å². The molecule has 0 spiro atoms. The number of ether oxygens (including phenoxy) is 1. The summed E-state index contributed by atoms with van der Waals surface area (Å²) in [6, 6.07) is 2.04. The van der Waals surface area contributed by atoms with E-state index in [0.717, 1.165) is 18.1 Å². The number of rotatable bonds is 1. The summed E-state index contributed by atoms with van der Waals surface area (Å²) in [5, 5.41) is 8.86. The molecule has 0 fully saturated rings. The summed E-state index contributed by atoms with van der Waals surface area (Å²) in [7, 11) is 0. The molecular formula is C7H8N2OS. The fourth-order valence-electron chi connectivity index (χ4n) is 1.06. The van der Waals surface area contributed by atoms with Gasteiger partial charge in [0.15, 0.2) is 0 Å². The van der Waals surface area contributed by atoms with Crippen molar-refractivity contribution in [1.82, 2.24) is 10.2 Å². The van der Waals surface area contributed by atoms with E-state index in [1.807, 2.05) is 12.3 Å². The normalized spacial score (nSPS) is 14.3. The summed E-state index contributed by atoms with van der Waals surface area (Å²) < 4.78 is 5.22. The highest BCUT2D eigenvalue weighted by molar-refractivity contribution is 7.98. The fraction of sp³-hybridized carbons (Fsp3) is 0.429. The summed E-state index contributed by atoms with van der Waals surface area (Å²) in [4.78, 5) is 0. The molecule has 0 N–H and O–H groups in total. The molecule has 58 valence electrons. The van der Waals surface area contributed by atoms with Gasteiger partial charge in [-0.05, 0) is 12.3 Å². The smallest absolute Gasteiger partial charge is 0.236 e. The second-order valence-corrected chi connectivity index (χ2v) is 3.14. The maximum absolute atomic E-state index is 5.22. The second kappa shape index (κ2) is 2.70. The summed E-state index contributed by atoms with van der Waals surface area (Å²) in [5.74, 6) is 0.711. The first kappa shape index (κ1) is 6.91. The van der Waals surface area contributed by atoms with Crippen molar-refractivity contribution in [2.75, 3.05) is 12.9 Å². The highest BCUT2D eigenvalue weighted by atomic mass is 32.2. The van der Waals surface area contributed by atoms with E-state index in [1.165, 1.54) is 5.56 Å². The Morgan fingerprint density at radius 2 is 2.45 bits per heavy atom. The SMILES string of the molecule is CSc1cc2c(nn1)OCC2. The number of nitrogens with zero attached hydrogens (tertiary/aromatic N) is 2. The zero-order valence-electron chi connectivity index (χ0n) is 6.20. The van der Waals surface area contributed by atoms with Gasteiger partial charge in [-0.2, -0.15) is 0 Å². The summed E-state index contributed by atoms with van der Waals surface area (Å²) in [6.45, 7) is 0.752. The standard InChI is InChI=1S/C7H8N2OS/c1-11-6-4-5-2-3-10-7(5)9-8-6/h4H,2-3H2,1H3. The van der Waals surface area contributed by atoms with Crippen molar-refractivity contribution in [3.63, 3.8) is 0 Å². The van der Waals surface area contributed by atoms with Crippen LogP contribution >= 0.6 is 11.8 Å². The van der Waals surface area contributed by atoms with Crippen molar-refractivity contribution in [3.8, 4) is 5.88 Å². The molecule has 1 aromatic rings. The van der Waals surface area contributed by atoms with Crippen LogP contribution in [0.1, 0.15) is 5.56 Å². The molecule has 11 heavy (non-hydrogen) atoms. The molecule has 1 aromatic heterocycles. The first-order valence-corrected chi connectivity index (χ1v) is 4.66. The summed E-state index contributed by atoms with van der Waals surface area (Å²) in [6.07, 6.45) is 2.96. The molecule has 0 radical (unpaired) electrons. The molecule has 0 saturated heterocycles. The van der Waals surface area contributed by atoms with Crippen molar-refractivity contribution in [3.05, 3.63) is 11.6 Å². The zero-order valence-corrected chi connectivity index (χ0v) is 7.02. The zero-order chi connectivity index (χ0) is 7.68. The van der Waals surface area contributed by atoms with Crippen LogP contribution in [-0.2, 0) is 6.42 Å². The molecule has 0 unspecified atom stereocenters. The third kappa shape index (κ3) is 1.18. The predicted molar refractivity (Wildman–Crippen MR) is 43.0 cm³/mol. The van der Waals surface area contributed by atoms with Crippen LogP contribution in [0.25, 0.3) is 0 Å². The molecular weight excluding hydrogens is 160 g/mol. The lowest BCUT2D eigenvalue weighted by Gasteiger charge is -1.96. The summed E-state index contributed by atoms with van der Waals surface area (Å²) >= 11 is 1.61. The molecule has 1 aliphatic rings. The topological polar surface area (TPSA) is 35.0 Å². The van der Waals surface area contributed by atoms with Gasteiger partial charge in [0.05, 0.1) is 6.61 Å². The lowest BCUT2D eigenvalue weighted by atomic mass is 10.2. The Morgan fingerprint density at radius 1 is 1.55 bits per heavy atom. The molecule has 0 atom stereocenters. The number of thioether (sulfide) groups is 1. The van der Waals surface area contributed by atoms with Crippen molar-refractivity contribution < 1.29 is 4.74 Å². The van der Waals surface area contributed by atoms with E-state index in [1.54, 1.807) is 11.8 Å². The van der Waals surface area contributed by atoms with E-state index in [0.29, 0.717) is 5.88 Å². The lowest BCUT2D eigenvalue weighted by Crippen LogP contribution is -1.90. The molecule has 0 aliphatic carbocycles. The van der Waals surface area contributed by atoms with E-state index in [4.69, 9.17) is 4.74 Å². The molecule has 0 saturated carbocycles. The average Bonchev–Trinajstić information content (AvgIpc) is 2.50. The van der Waals surface area contributed by atoms with Crippen molar-refractivity contribution in [1.29, 1.82) is 0 Å². The van der Waals surface area contributed by atoms with Crippen LogP contribution in [0.4, 0.5) is 0 Å². The fourth-order valence-corrected chi connectivity index (χ4v) is 1.44. The third-order valence-corrected chi connectivity index (χ3v) is 2.25. The Labute approximate surface area is 69.2 Å². The van der Waals surface area contributed by atoms with Gasteiger partial charge in [0, 0.05) is 12.0 Å². The van der Waals surface area contributed by atoms with Gasteiger partial charge in [0.25, 0.3) is 0 Å². The Hall–Kier alpha value is -0.770. The van der Waals surface area contributed by atoms with Gasteiger partial charge in [-0.3, -0.25) is 0 Å². The highest BCUT2D eigenvalue weighted by Crippen LogP contribution is 2.24. The maximum atomic E-state index is 5.22. The van der Waals surface area contributed by atoms with E-state index in [2.05, 4.69) is 10.2 Å². The Kier molecular flexibility index (Phi) is 1.69. The summed E-state index contributed by atoms with van der Waals surface area (Å²) in [5.41, 5.74) is 1.18. The minimum absolute atomic E-state index is 0.711. The van der Waals surface area contributed by atoms with Gasteiger partial charge >= 0.3 is 0 Å². The molecule has 0 amide bonds. The van der Waals surface area contributed by atoms with Gasteiger partial charge < -0.3 is 4.74 Å². The largest absolute Gasteiger partial charge is 0.476 e. The van der Waals surface area contributed by atoms with E-state index in [9.17, 15) is 0 Å². The molecule has 4 heteroatoms. The van der Waals surface area contributed by atoms with Crippen LogP contribution in [0.5, 0.6) is 5.88 Å². The molecule has 3 nitrogen and oxygen atoms in total. The highest BCUT2D eigenvalue weighted by Gasteiger charge is 2.14. The number of hydrogen-bond acceptors (Lipinski definition) is 4. The van der Waals surface area contributed by atoms with Crippen LogP contribution in [0.15, 0.2) is 11.1 Å². The van der Waals surface area contributed by atoms with E-state index < -0.39 is 0 Å². The third-order valence-electron chi connectivity index (χ3n) is 1.63. The number of fused-ring (bicyclic) bond motifs is 1. The number of hydrogen-bond donors (Lipinski definition) is 0. The maximum Gasteiger partial charge on any atom is 0.236 e. The van der Waals surface area contributed by atoms with Gasteiger partial charge in [-0.25, -0.2) is 0 Å². The van der Waals surface area contributed by atoms with Crippen molar-refractivity contribution >= 4 is 11.8 Å². The van der Waals surface area contributed by atoms with Crippen LogP contribution in [0.3, 0.4) is 0 Å². The molecule has 0 aromatic carbocycles. The monoisotopic (exact) mass is 168 g/mol. The first-order valence-electron chi connectivity index (χ1n) is 3.43. The average molecular weight is 168 g/mol. The van der Waals surface area contributed by atoms with Crippen LogP contribution in [-0.4, -0.2) is 23.1 Å². The quantitative estimate of drug-likeness (QED) is 0.589. The van der Waals surface area contributed by atoms with Crippen LogP contribution < -0.4 is 4.74 Å². The Balaban J connectivity index is 2.41. The van der Waals surface area contributed by atoms with Gasteiger partial charge in [0.1, 0.15) is 5.03 Å².